The second-order valence-corrected chi connectivity index (χ2v) is 14.7. The van der Waals surface area contributed by atoms with E-state index >= 15 is 0 Å². The van der Waals surface area contributed by atoms with Gasteiger partial charge in [0.15, 0.2) is 0 Å². The summed E-state index contributed by atoms with van der Waals surface area (Å²) in [5.74, 6) is 1.55. The topological polar surface area (TPSA) is 8.81 Å². The predicted molar refractivity (Wildman–Crippen MR) is 204 cm³/mol. The van der Waals surface area contributed by atoms with Gasteiger partial charge in [-0.25, -0.2) is 9.13 Å². The van der Waals surface area contributed by atoms with Crippen LogP contribution in [0.25, 0.3) is 0 Å². The van der Waals surface area contributed by atoms with E-state index in [0.717, 1.165) is 6.54 Å². The molecule has 0 radical (unpaired) electrons. The second kappa shape index (κ2) is 30.7. The van der Waals surface area contributed by atoms with Gasteiger partial charge in [0.1, 0.15) is 18.9 Å². The van der Waals surface area contributed by atoms with Crippen LogP contribution in [0.5, 0.6) is 0 Å². The van der Waals surface area contributed by atoms with E-state index in [2.05, 4.69) is 65.7 Å². The molecule has 0 spiro atoms. The molecule has 2 rings (SSSR count). The standard InChI is InChI=1S/C44H79N2/c1-3-5-7-9-11-13-15-17-19-20-22-24-26-28-30-35-39-45-40-41-46(42-43-36-32-31-33-37-43)44(45)38-34-29-27-25-23-21-18-16-14-12-10-8-6-4-2/h31-33,36-37,40-41H,3-30,34-35,38-39,42H2,1-2H3/q+1. The lowest BCUT2D eigenvalue weighted by Gasteiger charge is -2.07. The molecule has 1 aromatic carbocycles. The molecule has 2 nitrogen and oxygen atoms in total. The number of unbranched alkanes of at least 4 members (excludes halogenated alkanes) is 28. The van der Waals surface area contributed by atoms with Crippen LogP contribution in [0, 0.1) is 0 Å². The van der Waals surface area contributed by atoms with E-state index in [0.29, 0.717) is 0 Å². The van der Waals surface area contributed by atoms with Gasteiger partial charge < -0.3 is 0 Å². The Morgan fingerprint density at radius 1 is 0.435 bits per heavy atom. The minimum atomic E-state index is 1.00. The molecule has 1 heterocycles. The molecule has 0 amide bonds. The average Bonchev–Trinajstić information content (AvgIpc) is 3.45. The molecule has 0 saturated heterocycles. The zero-order valence-corrected chi connectivity index (χ0v) is 31.3. The first-order valence-corrected chi connectivity index (χ1v) is 21.0. The van der Waals surface area contributed by atoms with Crippen molar-refractivity contribution in [3.63, 3.8) is 0 Å². The summed E-state index contributed by atoms with van der Waals surface area (Å²) in [6.45, 7) is 6.81. The lowest BCUT2D eigenvalue weighted by Crippen LogP contribution is -2.37. The van der Waals surface area contributed by atoms with E-state index in [9.17, 15) is 0 Å². The highest BCUT2D eigenvalue weighted by Gasteiger charge is 2.17. The van der Waals surface area contributed by atoms with Gasteiger partial charge >= 0.3 is 0 Å². The molecule has 264 valence electrons. The Bertz CT molecular complexity index is 885. The molecule has 0 unspecified atom stereocenters. The molecular formula is C44H79N2+. The largest absolute Gasteiger partial charge is 0.256 e. The van der Waals surface area contributed by atoms with Gasteiger partial charge in [-0.2, -0.15) is 0 Å². The highest BCUT2D eigenvalue weighted by molar-refractivity contribution is 5.13. The predicted octanol–water partition coefficient (Wildman–Crippen LogP) is 14.1. The molecule has 0 aliphatic carbocycles. The number of benzene rings is 1. The summed E-state index contributed by atoms with van der Waals surface area (Å²) in [5, 5.41) is 0. The van der Waals surface area contributed by atoms with Crippen molar-refractivity contribution in [2.45, 2.75) is 226 Å². The Morgan fingerprint density at radius 2 is 0.804 bits per heavy atom. The van der Waals surface area contributed by atoms with Gasteiger partial charge in [0.2, 0.25) is 0 Å². The quantitative estimate of drug-likeness (QED) is 0.0534. The third kappa shape index (κ3) is 22.1. The SMILES string of the molecule is CCCCCCCCCCCCCCCCCCn1cc[n+](Cc2ccccc2)c1CCCCCCCCCCCCCCCC. The van der Waals surface area contributed by atoms with E-state index < -0.39 is 0 Å². The molecule has 46 heavy (non-hydrogen) atoms. The summed E-state index contributed by atoms with van der Waals surface area (Å²) in [6.07, 6.45) is 48.9. The molecule has 0 bridgehead atoms. The third-order valence-electron chi connectivity index (χ3n) is 10.3. The second-order valence-electron chi connectivity index (χ2n) is 14.7. The van der Waals surface area contributed by atoms with Gasteiger partial charge in [0.25, 0.3) is 5.82 Å². The van der Waals surface area contributed by atoms with E-state index in [4.69, 9.17) is 0 Å². The minimum Gasteiger partial charge on any atom is -0.234 e. The monoisotopic (exact) mass is 636 g/mol. The van der Waals surface area contributed by atoms with E-state index in [-0.39, 0.29) is 0 Å². The number of hydrogen-bond donors (Lipinski definition) is 0. The fourth-order valence-electron chi connectivity index (χ4n) is 7.22. The van der Waals surface area contributed by atoms with Crippen LogP contribution in [0.4, 0.5) is 0 Å². The van der Waals surface area contributed by atoms with Crippen molar-refractivity contribution < 1.29 is 4.57 Å². The van der Waals surface area contributed by atoms with Crippen LogP contribution >= 0.6 is 0 Å². The number of aromatic nitrogens is 2. The summed E-state index contributed by atoms with van der Waals surface area (Å²) < 4.78 is 5.12. The Kier molecular flexibility index (Phi) is 27.1. The minimum absolute atomic E-state index is 1.00. The maximum Gasteiger partial charge on any atom is 0.256 e. The number of rotatable bonds is 34. The first kappa shape index (κ1) is 40.6. The van der Waals surface area contributed by atoms with Crippen LogP contribution in [-0.4, -0.2) is 4.57 Å². The van der Waals surface area contributed by atoms with E-state index in [1.165, 1.54) is 211 Å². The van der Waals surface area contributed by atoms with E-state index in [1.54, 1.807) is 5.82 Å². The smallest absolute Gasteiger partial charge is 0.234 e. The van der Waals surface area contributed by atoms with Crippen LogP contribution in [0.3, 0.4) is 0 Å². The van der Waals surface area contributed by atoms with Gasteiger partial charge in [-0.1, -0.05) is 218 Å². The Morgan fingerprint density at radius 3 is 1.22 bits per heavy atom. The van der Waals surface area contributed by atoms with Gasteiger partial charge in [-0.15, -0.1) is 0 Å². The normalized spacial score (nSPS) is 11.5. The lowest BCUT2D eigenvalue weighted by atomic mass is 10.0. The zero-order valence-electron chi connectivity index (χ0n) is 31.3. The number of nitrogens with zero attached hydrogens (tertiary/aromatic N) is 2. The van der Waals surface area contributed by atoms with Crippen molar-refractivity contribution in [3.8, 4) is 0 Å². The van der Waals surface area contributed by atoms with Gasteiger partial charge in [0, 0.05) is 6.42 Å². The summed E-state index contributed by atoms with van der Waals surface area (Å²) in [4.78, 5) is 0. The maximum absolute atomic E-state index is 2.59. The van der Waals surface area contributed by atoms with Crippen molar-refractivity contribution in [2.75, 3.05) is 0 Å². The van der Waals surface area contributed by atoms with Crippen LogP contribution in [-0.2, 0) is 19.5 Å². The molecule has 0 saturated carbocycles. The fraction of sp³-hybridized carbons (Fsp3) is 0.795. The highest BCUT2D eigenvalue weighted by atomic mass is 15.1. The first-order chi connectivity index (χ1) is 22.8. The molecule has 0 fully saturated rings. The molecule has 0 aliphatic heterocycles. The number of aryl methyl sites for hydroxylation is 1. The lowest BCUT2D eigenvalue weighted by molar-refractivity contribution is -0.695. The maximum atomic E-state index is 2.59. The molecule has 2 aromatic rings. The van der Waals surface area contributed by atoms with Crippen LogP contribution < -0.4 is 4.57 Å². The zero-order chi connectivity index (χ0) is 32.6. The van der Waals surface area contributed by atoms with Gasteiger partial charge in [0.05, 0.1) is 6.54 Å². The summed E-state index contributed by atoms with van der Waals surface area (Å²) >= 11 is 0. The van der Waals surface area contributed by atoms with Crippen molar-refractivity contribution >= 4 is 0 Å². The molecule has 0 atom stereocenters. The summed E-state index contributed by atoms with van der Waals surface area (Å²) in [7, 11) is 0. The fourth-order valence-corrected chi connectivity index (χ4v) is 7.22. The van der Waals surface area contributed by atoms with Crippen molar-refractivity contribution in [2.24, 2.45) is 0 Å². The molecule has 2 heteroatoms. The van der Waals surface area contributed by atoms with E-state index in [1.807, 2.05) is 0 Å². The van der Waals surface area contributed by atoms with Crippen LogP contribution in [0.2, 0.25) is 0 Å². The van der Waals surface area contributed by atoms with Gasteiger partial charge in [-0.05, 0) is 24.8 Å². The summed E-state index contributed by atoms with van der Waals surface area (Å²) in [6, 6.07) is 11.0. The van der Waals surface area contributed by atoms with Crippen molar-refractivity contribution in [3.05, 3.63) is 54.1 Å². The molecule has 0 aliphatic rings. The highest BCUT2D eigenvalue weighted by Crippen LogP contribution is 2.16. The molecule has 0 N–H and O–H groups in total. The summed E-state index contributed by atoms with van der Waals surface area (Å²) in [5.41, 5.74) is 1.41. The van der Waals surface area contributed by atoms with Crippen molar-refractivity contribution in [1.82, 2.24) is 4.57 Å². The van der Waals surface area contributed by atoms with Crippen LogP contribution in [0.15, 0.2) is 42.7 Å². The number of imidazole rings is 1. The third-order valence-corrected chi connectivity index (χ3v) is 10.3. The molecular weight excluding hydrogens is 556 g/mol. The average molecular weight is 636 g/mol. The van der Waals surface area contributed by atoms with Crippen LogP contribution in [0.1, 0.15) is 218 Å². The number of hydrogen-bond acceptors (Lipinski definition) is 0. The van der Waals surface area contributed by atoms with Gasteiger partial charge in [-0.3, -0.25) is 0 Å². The Labute approximate surface area is 288 Å². The Hall–Kier alpha value is -1.57. The molecule has 1 aromatic heterocycles. The Balaban J connectivity index is 1.55. The van der Waals surface area contributed by atoms with Crippen molar-refractivity contribution in [1.29, 1.82) is 0 Å². The first-order valence-electron chi connectivity index (χ1n) is 21.0.